The number of nitrogens with zero attached hydrogens (tertiary/aromatic N) is 1. The Morgan fingerprint density at radius 1 is 1.15 bits per heavy atom. The number of hydrogen-bond donors (Lipinski definition) is 1. The molecule has 3 nitrogen and oxygen atoms in total. The van der Waals surface area contributed by atoms with Crippen molar-refractivity contribution in [3.8, 4) is 0 Å². The van der Waals surface area contributed by atoms with Crippen molar-refractivity contribution in [1.29, 1.82) is 0 Å². The average Bonchev–Trinajstić information content (AvgIpc) is 2.37. The third-order valence-electron chi connectivity index (χ3n) is 2.62. The standard InChI is InChI=1S/C14H18Cl2N2OS/c1-3-5-18(6-4-2)14(20)17-13(19)10-7-11(15)9-12(16)8-10/h7-9H,3-6H2,1-2H3,(H,17,19,20). The van der Waals surface area contributed by atoms with Gasteiger partial charge >= 0.3 is 0 Å². The Morgan fingerprint density at radius 3 is 2.10 bits per heavy atom. The molecule has 1 rings (SSSR count). The maximum atomic E-state index is 12.1. The summed E-state index contributed by atoms with van der Waals surface area (Å²) in [6.45, 7) is 5.79. The number of hydrogen-bond acceptors (Lipinski definition) is 2. The van der Waals surface area contributed by atoms with Crippen LogP contribution in [0.2, 0.25) is 10.0 Å². The van der Waals surface area contributed by atoms with E-state index in [1.165, 1.54) is 0 Å². The number of nitrogens with one attached hydrogen (secondary N) is 1. The first-order valence-electron chi connectivity index (χ1n) is 6.54. The van der Waals surface area contributed by atoms with Gasteiger partial charge in [0.2, 0.25) is 0 Å². The number of rotatable bonds is 5. The number of benzene rings is 1. The SMILES string of the molecule is CCCN(CCC)C(=S)NC(=O)c1cc(Cl)cc(Cl)c1. The van der Waals surface area contributed by atoms with Crippen LogP contribution in [0.5, 0.6) is 0 Å². The van der Waals surface area contributed by atoms with E-state index in [0.29, 0.717) is 20.7 Å². The molecule has 0 aliphatic carbocycles. The van der Waals surface area contributed by atoms with Gasteiger partial charge in [0.25, 0.3) is 5.91 Å². The third-order valence-corrected chi connectivity index (χ3v) is 3.42. The Labute approximate surface area is 135 Å². The molecule has 0 aliphatic rings. The molecule has 0 saturated heterocycles. The van der Waals surface area contributed by atoms with Gasteiger partial charge in [0.1, 0.15) is 0 Å². The maximum Gasteiger partial charge on any atom is 0.257 e. The lowest BCUT2D eigenvalue weighted by Gasteiger charge is -2.24. The van der Waals surface area contributed by atoms with Crippen molar-refractivity contribution in [2.45, 2.75) is 26.7 Å². The van der Waals surface area contributed by atoms with Crippen molar-refractivity contribution in [1.82, 2.24) is 10.2 Å². The second-order valence-electron chi connectivity index (χ2n) is 4.40. The molecule has 0 spiro atoms. The highest BCUT2D eigenvalue weighted by molar-refractivity contribution is 7.80. The molecule has 0 unspecified atom stereocenters. The van der Waals surface area contributed by atoms with Gasteiger partial charge in [-0.2, -0.15) is 0 Å². The second-order valence-corrected chi connectivity index (χ2v) is 5.66. The number of carbonyl (C=O) groups is 1. The fraction of sp³-hybridized carbons (Fsp3) is 0.429. The van der Waals surface area contributed by atoms with Crippen LogP contribution in [0, 0.1) is 0 Å². The van der Waals surface area contributed by atoms with E-state index in [1.54, 1.807) is 18.2 Å². The van der Waals surface area contributed by atoms with E-state index >= 15 is 0 Å². The van der Waals surface area contributed by atoms with Gasteiger partial charge in [-0.25, -0.2) is 0 Å². The molecule has 1 amide bonds. The number of carbonyl (C=O) groups excluding carboxylic acids is 1. The highest BCUT2D eigenvalue weighted by Gasteiger charge is 2.13. The van der Waals surface area contributed by atoms with Gasteiger partial charge in [0.05, 0.1) is 0 Å². The topological polar surface area (TPSA) is 32.3 Å². The molecule has 110 valence electrons. The second kappa shape index (κ2) is 8.45. The van der Waals surface area contributed by atoms with Crippen LogP contribution in [0.25, 0.3) is 0 Å². The normalized spacial score (nSPS) is 10.2. The lowest BCUT2D eigenvalue weighted by atomic mass is 10.2. The summed E-state index contributed by atoms with van der Waals surface area (Å²) in [5.41, 5.74) is 0.401. The Morgan fingerprint density at radius 2 is 1.65 bits per heavy atom. The van der Waals surface area contributed by atoms with Gasteiger partial charge in [0.15, 0.2) is 5.11 Å². The van der Waals surface area contributed by atoms with E-state index in [-0.39, 0.29) is 5.91 Å². The van der Waals surface area contributed by atoms with Crippen molar-refractivity contribution in [2.24, 2.45) is 0 Å². The van der Waals surface area contributed by atoms with Crippen molar-refractivity contribution < 1.29 is 4.79 Å². The molecule has 0 aromatic heterocycles. The molecule has 0 bridgehead atoms. The monoisotopic (exact) mass is 332 g/mol. The van der Waals surface area contributed by atoms with E-state index in [0.717, 1.165) is 25.9 Å². The van der Waals surface area contributed by atoms with Crippen LogP contribution in [-0.2, 0) is 0 Å². The van der Waals surface area contributed by atoms with E-state index < -0.39 is 0 Å². The fourth-order valence-corrected chi connectivity index (χ4v) is 2.59. The predicted molar refractivity (Wildman–Crippen MR) is 88.7 cm³/mol. The summed E-state index contributed by atoms with van der Waals surface area (Å²) in [6, 6.07) is 4.71. The van der Waals surface area contributed by atoms with Crippen molar-refractivity contribution >= 4 is 46.4 Å². The zero-order chi connectivity index (χ0) is 15.1. The fourth-order valence-electron chi connectivity index (χ4n) is 1.79. The lowest BCUT2D eigenvalue weighted by molar-refractivity contribution is 0.0973. The van der Waals surface area contributed by atoms with E-state index in [4.69, 9.17) is 35.4 Å². The van der Waals surface area contributed by atoms with Gasteiger partial charge in [-0.15, -0.1) is 0 Å². The highest BCUT2D eigenvalue weighted by atomic mass is 35.5. The Bertz CT molecular complexity index is 468. The summed E-state index contributed by atoms with van der Waals surface area (Å²) >= 11 is 17.0. The number of amides is 1. The predicted octanol–water partition coefficient (Wildman–Crippen LogP) is 4.13. The summed E-state index contributed by atoms with van der Waals surface area (Å²) in [6.07, 6.45) is 1.94. The summed E-state index contributed by atoms with van der Waals surface area (Å²) in [7, 11) is 0. The minimum atomic E-state index is -0.295. The number of halogens is 2. The third kappa shape index (κ3) is 5.27. The first-order valence-corrected chi connectivity index (χ1v) is 7.70. The van der Waals surface area contributed by atoms with E-state index in [9.17, 15) is 4.79 Å². The van der Waals surface area contributed by atoms with E-state index in [1.807, 2.05) is 4.90 Å². The minimum absolute atomic E-state index is 0.295. The summed E-state index contributed by atoms with van der Waals surface area (Å²) < 4.78 is 0. The first-order chi connectivity index (χ1) is 9.47. The van der Waals surface area contributed by atoms with Crippen LogP contribution in [-0.4, -0.2) is 29.0 Å². The van der Waals surface area contributed by atoms with Crippen LogP contribution < -0.4 is 5.32 Å². The zero-order valence-corrected chi connectivity index (χ0v) is 13.9. The van der Waals surface area contributed by atoms with Crippen LogP contribution in [0.15, 0.2) is 18.2 Å². The van der Waals surface area contributed by atoms with E-state index in [2.05, 4.69) is 19.2 Å². The van der Waals surface area contributed by atoms with Crippen molar-refractivity contribution in [2.75, 3.05) is 13.1 Å². The molecule has 0 radical (unpaired) electrons. The van der Waals surface area contributed by atoms with Crippen LogP contribution >= 0.6 is 35.4 Å². The largest absolute Gasteiger partial charge is 0.349 e. The zero-order valence-electron chi connectivity index (χ0n) is 11.6. The Balaban J connectivity index is 2.75. The van der Waals surface area contributed by atoms with Crippen LogP contribution in [0.4, 0.5) is 0 Å². The number of thiocarbonyl (C=S) groups is 1. The maximum absolute atomic E-state index is 12.1. The smallest absolute Gasteiger partial charge is 0.257 e. The quantitative estimate of drug-likeness (QED) is 0.823. The minimum Gasteiger partial charge on any atom is -0.349 e. The summed E-state index contributed by atoms with van der Waals surface area (Å²) in [5, 5.41) is 4.01. The summed E-state index contributed by atoms with van der Waals surface area (Å²) in [4.78, 5) is 14.1. The highest BCUT2D eigenvalue weighted by Crippen LogP contribution is 2.19. The van der Waals surface area contributed by atoms with Gasteiger partial charge in [0, 0.05) is 28.7 Å². The first kappa shape index (κ1) is 17.2. The Hall–Kier alpha value is -0.840. The summed E-state index contributed by atoms with van der Waals surface area (Å²) in [5.74, 6) is -0.295. The molecule has 1 aromatic carbocycles. The molecule has 0 heterocycles. The van der Waals surface area contributed by atoms with Crippen LogP contribution in [0.1, 0.15) is 37.0 Å². The molecule has 0 aliphatic heterocycles. The molecular formula is C14H18Cl2N2OS. The Kier molecular flexibility index (Phi) is 7.27. The van der Waals surface area contributed by atoms with Crippen molar-refractivity contribution in [3.05, 3.63) is 33.8 Å². The molecule has 20 heavy (non-hydrogen) atoms. The van der Waals surface area contributed by atoms with Gasteiger partial charge < -0.3 is 4.90 Å². The molecule has 0 atom stereocenters. The molecule has 1 N–H and O–H groups in total. The van der Waals surface area contributed by atoms with Gasteiger partial charge in [-0.05, 0) is 43.3 Å². The van der Waals surface area contributed by atoms with Gasteiger partial charge in [-0.3, -0.25) is 10.1 Å². The molecule has 0 fully saturated rings. The lowest BCUT2D eigenvalue weighted by Crippen LogP contribution is -2.43. The molecule has 1 aromatic rings. The van der Waals surface area contributed by atoms with Crippen LogP contribution in [0.3, 0.4) is 0 Å². The molecule has 0 saturated carbocycles. The average molecular weight is 333 g/mol. The van der Waals surface area contributed by atoms with Crippen molar-refractivity contribution in [3.63, 3.8) is 0 Å². The molecular weight excluding hydrogens is 315 g/mol. The van der Waals surface area contributed by atoms with Gasteiger partial charge in [-0.1, -0.05) is 37.0 Å². The molecule has 6 heteroatoms.